The van der Waals surface area contributed by atoms with Gasteiger partial charge in [0.25, 0.3) is 11.6 Å². The molecule has 1 aromatic carbocycles. The van der Waals surface area contributed by atoms with E-state index in [1.165, 1.54) is 25.1 Å². The zero-order valence-electron chi connectivity index (χ0n) is 11.2. The summed E-state index contributed by atoms with van der Waals surface area (Å²) in [5.41, 5.74) is 0.202. The van der Waals surface area contributed by atoms with Crippen LogP contribution in [0.1, 0.15) is 36.5 Å². The van der Waals surface area contributed by atoms with E-state index in [9.17, 15) is 19.7 Å². The molecule has 0 N–H and O–H groups in total. The van der Waals surface area contributed by atoms with E-state index in [0.29, 0.717) is 18.5 Å². The zero-order valence-corrected chi connectivity index (χ0v) is 11.2. The molecule has 1 atom stereocenters. The minimum atomic E-state index is -0.520. The highest BCUT2D eigenvalue weighted by molar-refractivity contribution is 5.95. The Morgan fingerprint density at radius 2 is 2.20 bits per heavy atom. The molecule has 0 radical (unpaired) electrons. The summed E-state index contributed by atoms with van der Waals surface area (Å²) in [6.45, 7) is 2.10. The zero-order chi connectivity index (χ0) is 14.7. The van der Waals surface area contributed by atoms with Crippen molar-refractivity contribution in [2.75, 3.05) is 6.54 Å². The van der Waals surface area contributed by atoms with Crippen LogP contribution in [0.2, 0.25) is 0 Å². The lowest BCUT2D eigenvalue weighted by molar-refractivity contribution is -0.384. The number of nitrogens with zero attached hydrogens (tertiary/aromatic N) is 2. The van der Waals surface area contributed by atoms with Gasteiger partial charge in [-0.3, -0.25) is 19.7 Å². The van der Waals surface area contributed by atoms with Gasteiger partial charge in [0, 0.05) is 36.7 Å². The highest BCUT2D eigenvalue weighted by atomic mass is 16.6. The van der Waals surface area contributed by atoms with Crippen LogP contribution in [0.4, 0.5) is 5.69 Å². The first kappa shape index (κ1) is 14.2. The summed E-state index contributed by atoms with van der Waals surface area (Å²) in [6.07, 6.45) is 2.01. The second-order valence-electron chi connectivity index (χ2n) is 5.01. The molecular weight excluding hydrogens is 260 g/mol. The maximum atomic E-state index is 12.4. The van der Waals surface area contributed by atoms with Crippen LogP contribution in [0, 0.1) is 10.1 Å². The SMILES string of the molecule is CC(=O)CC1CCCN1C(=O)c1cccc([N+](=O)[O-])c1. The number of Topliss-reactive ketones (excluding diaryl/α,β-unsaturated/α-hetero) is 1. The second kappa shape index (κ2) is 5.81. The van der Waals surface area contributed by atoms with Crippen molar-refractivity contribution in [1.29, 1.82) is 0 Å². The van der Waals surface area contributed by atoms with Crippen molar-refractivity contribution in [3.63, 3.8) is 0 Å². The highest BCUT2D eigenvalue weighted by Crippen LogP contribution is 2.24. The topological polar surface area (TPSA) is 80.5 Å². The molecule has 1 unspecified atom stereocenters. The van der Waals surface area contributed by atoms with Crippen LogP contribution < -0.4 is 0 Å². The van der Waals surface area contributed by atoms with Crippen LogP contribution in [-0.2, 0) is 4.79 Å². The molecule has 0 aromatic heterocycles. The summed E-state index contributed by atoms with van der Waals surface area (Å²) in [5, 5.41) is 10.7. The fourth-order valence-corrected chi connectivity index (χ4v) is 2.57. The Labute approximate surface area is 116 Å². The third-order valence-electron chi connectivity index (χ3n) is 3.47. The van der Waals surface area contributed by atoms with E-state index in [0.717, 1.165) is 12.8 Å². The van der Waals surface area contributed by atoms with Crippen LogP contribution in [0.25, 0.3) is 0 Å². The number of nitro groups is 1. The summed E-state index contributed by atoms with van der Waals surface area (Å²) < 4.78 is 0. The number of ketones is 1. The smallest absolute Gasteiger partial charge is 0.270 e. The largest absolute Gasteiger partial charge is 0.335 e. The molecule has 1 aliphatic rings. The van der Waals surface area contributed by atoms with E-state index in [1.807, 2.05) is 0 Å². The lowest BCUT2D eigenvalue weighted by Gasteiger charge is -2.23. The molecule has 1 aromatic rings. The van der Waals surface area contributed by atoms with Gasteiger partial charge in [0.15, 0.2) is 0 Å². The van der Waals surface area contributed by atoms with Gasteiger partial charge in [0.2, 0.25) is 0 Å². The van der Waals surface area contributed by atoms with Gasteiger partial charge in [-0.05, 0) is 25.8 Å². The van der Waals surface area contributed by atoms with Crippen LogP contribution in [0.5, 0.6) is 0 Å². The first-order valence-corrected chi connectivity index (χ1v) is 6.54. The van der Waals surface area contributed by atoms with Crippen molar-refractivity contribution in [3.8, 4) is 0 Å². The van der Waals surface area contributed by atoms with E-state index in [2.05, 4.69) is 0 Å². The van der Waals surface area contributed by atoms with E-state index in [4.69, 9.17) is 0 Å². The maximum absolute atomic E-state index is 12.4. The average Bonchev–Trinajstić information content (AvgIpc) is 2.85. The summed E-state index contributed by atoms with van der Waals surface area (Å²) in [5.74, 6) is -0.189. The van der Waals surface area contributed by atoms with E-state index >= 15 is 0 Å². The molecule has 20 heavy (non-hydrogen) atoms. The summed E-state index contributed by atoms with van der Waals surface area (Å²) in [7, 11) is 0. The predicted octanol–water partition coefficient (Wildman–Crippen LogP) is 2.18. The number of non-ortho nitro benzene ring substituents is 1. The van der Waals surface area contributed by atoms with Gasteiger partial charge in [-0.2, -0.15) is 0 Å². The number of benzene rings is 1. The molecule has 6 nitrogen and oxygen atoms in total. The first-order chi connectivity index (χ1) is 9.49. The summed E-state index contributed by atoms with van der Waals surface area (Å²) in [4.78, 5) is 35.5. The van der Waals surface area contributed by atoms with Crippen LogP contribution >= 0.6 is 0 Å². The number of amides is 1. The van der Waals surface area contributed by atoms with E-state index in [1.54, 1.807) is 11.0 Å². The molecule has 0 bridgehead atoms. The molecule has 6 heteroatoms. The Balaban J connectivity index is 2.20. The van der Waals surface area contributed by atoms with Crippen molar-refractivity contribution in [3.05, 3.63) is 39.9 Å². The van der Waals surface area contributed by atoms with Gasteiger partial charge in [0.05, 0.1) is 4.92 Å². The second-order valence-corrected chi connectivity index (χ2v) is 5.01. The lowest BCUT2D eigenvalue weighted by Crippen LogP contribution is -2.36. The molecule has 0 saturated carbocycles. The van der Waals surface area contributed by atoms with Gasteiger partial charge in [-0.25, -0.2) is 0 Å². The molecule has 1 aliphatic heterocycles. The number of hydrogen-bond donors (Lipinski definition) is 0. The van der Waals surface area contributed by atoms with Gasteiger partial charge in [-0.1, -0.05) is 6.07 Å². The maximum Gasteiger partial charge on any atom is 0.270 e. The Bertz CT molecular complexity index is 556. The standard InChI is InChI=1S/C14H16N2O4/c1-10(17)8-12-6-3-7-15(12)14(18)11-4-2-5-13(9-11)16(19)20/h2,4-5,9,12H,3,6-8H2,1H3. The molecule has 1 heterocycles. The third-order valence-corrected chi connectivity index (χ3v) is 3.47. The average molecular weight is 276 g/mol. The fourth-order valence-electron chi connectivity index (χ4n) is 2.57. The number of nitro benzene ring substituents is 1. The monoisotopic (exact) mass is 276 g/mol. The predicted molar refractivity (Wildman–Crippen MR) is 72.5 cm³/mol. The van der Waals surface area contributed by atoms with E-state index in [-0.39, 0.29) is 23.4 Å². The van der Waals surface area contributed by atoms with Crippen LogP contribution in [-0.4, -0.2) is 34.1 Å². The van der Waals surface area contributed by atoms with Crippen molar-refractivity contribution in [1.82, 2.24) is 4.90 Å². The molecule has 1 amide bonds. The normalized spacial score (nSPS) is 18.1. The van der Waals surface area contributed by atoms with Crippen molar-refractivity contribution < 1.29 is 14.5 Å². The lowest BCUT2D eigenvalue weighted by atomic mass is 10.1. The van der Waals surface area contributed by atoms with Crippen LogP contribution in [0.3, 0.4) is 0 Å². The fraction of sp³-hybridized carbons (Fsp3) is 0.429. The summed E-state index contributed by atoms with van der Waals surface area (Å²) in [6, 6.07) is 5.62. The van der Waals surface area contributed by atoms with E-state index < -0.39 is 4.92 Å². The third kappa shape index (κ3) is 3.01. The molecule has 1 saturated heterocycles. The Morgan fingerprint density at radius 3 is 2.85 bits per heavy atom. The minimum Gasteiger partial charge on any atom is -0.335 e. The number of rotatable bonds is 4. The van der Waals surface area contributed by atoms with Crippen molar-refractivity contribution >= 4 is 17.4 Å². The molecule has 1 fully saturated rings. The van der Waals surface area contributed by atoms with Crippen LogP contribution in [0.15, 0.2) is 24.3 Å². The number of carbonyl (C=O) groups excluding carboxylic acids is 2. The number of carbonyl (C=O) groups is 2. The number of hydrogen-bond acceptors (Lipinski definition) is 4. The molecule has 106 valence electrons. The van der Waals surface area contributed by atoms with Gasteiger partial charge < -0.3 is 4.90 Å². The summed E-state index contributed by atoms with van der Waals surface area (Å²) >= 11 is 0. The molecule has 0 spiro atoms. The minimum absolute atomic E-state index is 0.0498. The van der Waals surface area contributed by atoms with Gasteiger partial charge in [-0.15, -0.1) is 0 Å². The molecule has 0 aliphatic carbocycles. The molecule has 2 rings (SSSR count). The quantitative estimate of drug-likeness (QED) is 0.623. The first-order valence-electron chi connectivity index (χ1n) is 6.54. The van der Waals surface area contributed by atoms with Crippen molar-refractivity contribution in [2.24, 2.45) is 0 Å². The number of likely N-dealkylation sites (tertiary alicyclic amines) is 1. The highest BCUT2D eigenvalue weighted by Gasteiger charge is 2.30. The molecular formula is C14H16N2O4. The van der Waals surface area contributed by atoms with Crippen molar-refractivity contribution in [2.45, 2.75) is 32.2 Å². The Hall–Kier alpha value is -2.24. The van der Waals surface area contributed by atoms with Gasteiger partial charge >= 0.3 is 0 Å². The Kier molecular flexibility index (Phi) is 4.12. The Morgan fingerprint density at radius 1 is 1.45 bits per heavy atom. The van der Waals surface area contributed by atoms with Gasteiger partial charge in [0.1, 0.15) is 5.78 Å².